The molecule has 0 fully saturated rings. The van der Waals surface area contributed by atoms with Gasteiger partial charge in [-0.15, -0.1) is 0 Å². The Bertz CT molecular complexity index is 1310. The molecule has 0 aliphatic carbocycles. The summed E-state index contributed by atoms with van der Waals surface area (Å²) in [6.45, 7) is -0.767. The Morgan fingerprint density at radius 1 is 0.872 bits per heavy atom. The number of phenols is 1. The fraction of sp³-hybridized carbons (Fsp3) is 0.308. The molecule has 2 aromatic carbocycles. The molecule has 13 heteroatoms. The van der Waals surface area contributed by atoms with Gasteiger partial charge in [0.05, 0.1) is 12.6 Å². The molecule has 4 unspecified atom stereocenters. The number of benzene rings is 2. The molecule has 0 radical (unpaired) electrons. The summed E-state index contributed by atoms with van der Waals surface area (Å²) in [5.41, 5.74) is 7.66. The number of aliphatic hydroxyl groups is 1. The van der Waals surface area contributed by atoms with Crippen molar-refractivity contribution in [3.63, 3.8) is 0 Å². The molecule has 0 aliphatic heterocycles. The third-order valence-electron chi connectivity index (χ3n) is 6.07. The summed E-state index contributed by atoms with van der Waals surface area (Å²) in [5, 5.41) is 37.0. The molecule has 39 heavy (non-hydrogen) atoms. The number of nitrogens with one attached hydrogen (secondary N) is 4. The number of hydrogen-bond donors (Lipinski definition) is 9. The average molecular weight is 558 g/mol. The van der Waals surface area contributed by atoms with Gasteiger partial charge in [-0.3, -0.25) is 14.4 Å². The molecule has 3 amide bonds. The van der Waals surface area contributed by atoms with Crippen molar-refractivity contribution in [2.45, 2.75) is 37.0 Å². The number of thiol groups is 1. The summed E-state index contributed by atoms with van der Waals surface area (Å²) in [6.07, 6.45) is 1.58. The number of nitrogens with two attached hydrogens (primary N) is 1. The van der Waals surface area contributed by atoms with Gasteiger partial charge in [-0.05, 0) is 29.3 Å². The summed E-state index contributed by atoms with van der Waals surface area (Å²) in [6, 6.07) is 8.16. The van der Waals surface area contributed by atoms with Crippen LogP contribution in [0, 0.1) is 0 Å². The minimum atomic E-state index is -1.41. The first-order chi connectivity index (χ1) is 18.6. The first-order valence-electron chi connectivity index (χ1n) is 12.1. The van der Waals surface area contributed by atoms with E-state index in [-0.39, 0.29) is 24.3 Å². The largest absolute Gasteiger partial charge is 0.508 e. The predicted octanol–water partition coefficient (Wildman–Crippen LogP) is -0.553. The number of fused-ring (bicyclic) bond motifs is 1. The van der Waals surface area contributed by atoms with Crippen LogP contribution in [0.1, 0.15) is 11.1 Å². The normalized spacial score (nSPS) is 14.1. The maximum Gasteiger partial charge on any atom is 0.326 e. The predicted molar refractivity (Wildman–Crippen MR) is 146 cm³/mol. The van der Waals surface area contributed by atoms with Crippen molar-refractivity contribution in [3.8, 4) is 5.75 Å². The number of para-hydroxylation sites is 1. The number of aromatic amines is 1. The molecule has 1 heterocycles. The van der Waals surface area contributed by atoms with Crippen molar-refractivity contribution >= 4 is 47.2 Å². The second-order valence-electron chi connectivity index (χ2n) is 8.93. The van der Waals surface area contributed by atoms with Crippen LogP contribution in [0.2, 0.25) is 0 Å². The van der Waals surface area contributed by atoms with Crippen LogP contribution >= 0.6 is 12.6 Å². The van der Waals surface area contributed by atoms with Gasteiger partial charge in [0.25, 0.3) is 0 Å². The minimum absolute atomic E-state index is 0.00873. The van der Waals surface area contributed by atoms with Gasteiger partial charge in [-0.2, -0.15) is 12.6 Å². The van der Waals surface area contributed by atoms with Crippen LogP contribution in [0.3, 0.4) is 0 Å². The molecule has 1 aromatic heterocycles. The van der Waals surface area contributed by atoms with Crippen molar-refractivity contribution in [2.75, 3.05) is 12.4 Å². The van der Waals surface area contributed by atoms with Gasteiger partial charge >= 0.3 is 5.97 Å². The summed E-state index contributed by atoms with van der Waals surface area (Å²) < 4.78 is 0. The van der Waals surface area contributed by atoms with E-state index >= 15 is 0 Å². The molecular weight excluding hydrogens is 526 g/mol. The standard InChI is InChI=1S/C26H31N5O7S/c27-18(13-39)23(34)31-22(12-32)25(36)29-20(10-15-11-28-19-4-2-1-3-17(15)19)24(35)30-21(26(37)38)9-14-5-7-16(33)8-6-14/h1-8,11,18,20-22,28,32-33,39H,9-10,12-13,27H2,(H,29,36)(H,30,35)(H,31,34)(H,37,38). The lowest BCUT2D eigenvalue weighted by Crippen LogP contribution is -2.58. The molecule has 0 saturated heterocycles. The molecule has 0 spiro atoms. The third kappa shape index (κ3) is 7.96. The van der Waals surface area contributed by atoms with E-state index in [0.29, 0.717) is 11.1 Å². The van der Waals surface area contributed by atoms with Gasteiger partial charge in [0.15, 0.2) is 0 Å². The Morgan fingerprint density at radius 2 is 1.49 bits per heavy atom. The number of carbonyl (C=O) groups excluding carboxylic acids is 3. The molecule has 0 bridgehead atoms. The Labute approximate surface area is 229 Å². The number of rotatable bonds is 13. The summed E-state index contributed by atoms with van der Waals surface area (Å²) >= 11 is 3.94. The van der Waals surface area contributed by atoms with Gasteiger partial charge in [-0.25, -0.2) is 4.79 Å². The molecule has 3 rings (SSSR count). The van der Waals surface area contributed by atoms with E-state index in [1.165, 1.54) is 24.3 Å². The van der Waals surface area contributed by atoms with Crippen molar-refractivity contribution in [1.82, 2.24) is 20.9 Å². The first-order valence-corrected chi connectivity index (χ1v) is 12.7. The van der Waals surface area contributed by atoms with Crippen LogP contribution < -0.4 is 21.7 Å². The topological polar surface area (TPSA) is 207 Å². The summed E-state index contributed by atoms with van der Waals surface area (Å²) in [5.74, 6) is -3.63. The van der Waals surface area contributed by atoms with Gasteiger partial charge in [-0.1, -0.05) is 30.3 Å². The van der Waals surface area contributed by atoms with Crippen LogP contribution in [0.5, 0.6) is 5.75 Å². The number of aliphatic hydroxyl groups excluding tert-OH is 1. The van der Waals surface area contributed by atoms with Crippen molar-refractivity contribution in [3.05, 3.63) is 65.9 Å². The average Bonchev–Trinajstić information content (AvgIpc) is 3.33. The van der Waals surface area contributed by atoms with Crippen LogP contribution in [-0.4, -0.2) is 80.5 Å². The number of aromatic nitrogens is 1. The second-order valence-corrected chi connectivity index (χ2v) is 9.29. The Kier molecular flexibility index (Phi) is 10.3. The first kappa shape index (κ1) is 29.5. The number of aliphatic carboxylic acids is 1. The number of carboxylic acids is 1. The fourth-order valence-electron chi connectivity index (χ4n) is 3.90. The molecule has 4 atom stereocenters. The summed E-state index contributed by atoms with van der Waals surface area (Å²) in [4.78, 5) is 53.5. The number of phenolic OH excluding ortho intramolecular Hbond substituents is 1. The molecule has 9 N–H and O–H groups in total. The molecule has 208 valence electrons. The highest BCUT2D eigenvalue weighted by Crippen LogP contribution is 2.19. The second kappa shape index (κ2) is 13.6. The lowest BCUT2D eigenvalue weighted by molar-refractivity contribution is -0.142. The molecule has 0 saturated carbocycles. The number of H-pyrrole nitrogens is 1. The number of aromatic hydroxyl groups is 1. The van der Waals surface area contributed by atoms with E-state index in [9.17, 15) is 34.5 Å². The van der Waals surface area contributed by atoms with Crippen LogP contribution in [0.25, 0.3) is 10.9 Å². The highest BCUT2D eigenvalue weighted by Gasteiger charge is 2.31. The summed E-state index contributed by atoms with van der Waals surface area (Å²) in [7, 11) is 0. The monoisotopic (exact) mass is 557 g/mol. The lowest BCUT2D eigenvalue weighted by Gasteiger charge is -2.24. The highest BCUT2D eigenvalue weighted by atomic mass is 32.1. The SMILES string of the molecule is NC(CS)C(=O)NC(CO)C(=O)NC(Cc1c[nH]c2ccccc12)C(=O)NC(Cc1ccc(O)cc1)C(=O)O. The van der Waals surface area contributed by atoms with E-state index in [4.69, 9.17) is 5.73 Å². The lowest BCUT2D eigenvalue weighted by atomic mass is 10.0. The zero-order valence-corrected chi connectivity index (χ0v) is 21.7. The highest BCUT2D eigenvalue weighted by molar-refractivity contribution is 7.80. The maximum absolute atomic E-state index is 13.4. The zero-order chi connectivity index (χ0) is 28.5. The van der Waals surface area contributed by atoms with E-state index < -0.39 is 54.5 Å². The van der Waals surface area contributed by atoms with E-state index in [0.717, 1.165) is 10.9 Å². The smallest absolute Gasteiger partial charge is 0.326 e. The van der Waals surface area contributed by atoms with Gasteiger partial charge in [0, 0.05) is 35.7 Å². The number of carbonyl (C=O) groups is 4. The molecule has 0 aliphatic rings. The number of carboxylic acid groups (broad SMARTS) is 1. The Balaban J connectivity index is 1.83. The van der Waals surface area contributed by atoms with Crippen molar-refractivity contribution in [1.29, 1.82) is 0 Å². The van der Waals surface area contributed by atoms with E-state index in [1.807, 2.05) is 24.3 Å². The van der Waals surface area contributed by atoms with Crippen LogP contribution in [-0.2, 0) is 32.0 Å². The van der Waals surface area contributed by atoms with Crippen molar-refractivity contribution < 1.29 is 34.5 Å². The fourth-order valence-corrected chi connectivity index (χ4v) is 4.06. The Hall–Kier alpha value is -4.07. The molecule has 3 aromatic rings. The van der Waals surface area contributed by atoms with E-state index in [2.05, 4.69) is 33.6 Å². The van der Waals surface area contributed by atoms with Crippen molar-refractivity contribution in [2.24, 2.45) is 5.73 Å². The van der Waals surface area contributed by atoms with Crippen LogP contribution in [0.15, 0.2) is 54.7 Å². The zero-order valence-electron chi connectivity index (χ0n) is 20.8. The number of amides is 3. The Morgan fingerprint density at radius 3 is 2.13 bits per heavy atom. The maximum atomic E-state index is 13.4. The third-order valence-corrected chi connectivity index (χ3v) is 6.47. The van der Waals surface area contributed by atoms with Gasteiger partial charge < -0.3 is 42.0 Å². The quantitative estimate of drug-likeness (QED) is 0.124. The number of hydrogen-bond acceptors (Lipinski definition) is 8. The van der Waals surface area contributed by atoms with E-state index in [1.54, 1.807) is 6.20 Å². The minimum Gasteiger partial charge on any atom is -0.508 e. The molecular formula is C26H31N5O7S. The van der Waals surface area contributed by atoms with Gasteiger partial charge in [0.2, 0.25) is 17.7 Å². The van der Waals surface area contributed by atoms with Gasteiger partial charge in [0.1, 0.15) is 23.9 Å². The molecule has 12 nitrogen and oxygen atoms in total. The van der Waals surface area contributed by atoms with Crippen LogP contribution in [0.4, 0.5) is 0 Å².